The normalized spacial score (nSPS) is 17.0. The van der Waals surface area contributed by atoms with Gasteiger partial charge in [-0.15, -0.1) is 0 Å². The number of carbonyl (C=O) groups excluding carboxylic acids is 2. The molecule has 3 aromatic rings. The number of anilines is 1. The first-order valence-corrected chi connectivity index (χ1v) is 17.5. The third-order valence-electron chi connectivity index (χ3n) is 7.36. The Balaban J connectivity index is 0.000000234. The molecule has 0 bridgehead atoms. The van der Waals surface area contributed by atoms with Gasteiger partial charge in [0.15, 0.2) is 0 Å². The van der Waals surface area contributed by atoms with Crippen LogP contribution in [0, 0.1) is 20.2 Å². The summed E-state index contributed by atoms with van der Waals surface area (Å²) >= 11 is 5.44. The lowest BCUT2D eigenvalue weighted by Crippen LogP contribution is -2.46. The van der Waals surface area contributed by atoms with Crippen LogP contribution in [-0.4, -0.2) is 96.4 Å². The predicted molar refractivity (Wildman–Crippen MR) is 198 cm³/mol. The van der Waals surface area contributed by atoms with E-state index in [0.717, 1.165) is 38.1 Å². The van der Waals surface area contributed by atoms with Crippen LogP contribution in [0.3, 0.4) is 0 Å². The molecule has 5 heterocycles. The van der Waals surface area contributed by atoms with Crippen LogP contribution in [0.4, 0.5) is 26.7 Å². The van der Waals surface area contributed by atoms with Crippen LogP contribution in [0.15, 0.2) is 55.4 Å². The zero-order chi connectivity index (χ0) is 40.1. The molecule has 5 rings (SSSR count). The van der Waals surface area contributed by atoms with Gasteiger partial charge in [0.2, 0.25) is 5.75 Å². The highest BCUT2D eigenvalue weighted by molar-refractivity contribution is 6.32. The minimum atomic E-state index is -0.574. The first-order chi connectivity index (χ1) is 25.3. The van der Waals surface area contributed by atoms with Crippen LogP contribution >= 0.6 is 11.6 Å². The van der Waals surface area contributed by atoms with E-state index in [4.69, 9.17) is 36.3 Å². The molecule has 0 spiro atoms. The third kappa shape index (κ3) is 14.5. The highest BCUT2D eigenvalue weighted by Gasteiger charge is 2.31. The van der Waals surface area contributed by atoms with Crippen molar-refractivity contribution >= 4 is 40.8 Å². The van der Waals surface area contributed by atoms with Gasteiger partial charge in [0, 0.05) is 43.8 Å². The molecule has 0 aliphatic carbocycles. The average Bonchev–Trinajstić information content (AvgIpc) is 3.09. The molecule has 3 aromatic heterocycles. The fourth-order valence-corrected chi connectivity index (χ4v) is 5.20. The molecule has 2 amide bonds. The second-order valence-electron chi connectivity index (χ2n) is 14.2. The summed E-state index contributed by atoms with van der Waals surface area (Å²) in [6, 6.07) is 4.58. The molecule has 0 saturated carbocycles. The van der Waals surface area contributed by atoms with Gasteiger partial charge < -0.3 is 34.5 Å². The summed E-state index contributed by atoms with van der Waals surface area (Å²) in [7, 11) is 0. The zero-order valence-corrected chi connectivity index (χ0v) is 31.9. The number of rotatable bonds is 6. The molecule has 2 N–H and O–H groups in total. The van der Waals surface area contributed by atoms with Crippen LogP contribution < -0.4 is 15.2 Å². The second-order valence-corrected chi connectivity index (χ2v) is 14.6. The Kier molecular flexibility index (Phi) is 15.5. The van der Waals surface area contributed by atoms with Crippen molar-refractivity contribution in [1.82, 2.24) is 24.8 Å². The van der Waals surface area contributed by atoms with E-state index >= 15 is 0 Å². The Labute approximate surface area is 318 Å². The minimum absolute atomic E-state index is 0.0732. The molecule has 2 fully saturated rings. The number of halogens is 1. The van der Waals surface area contributed by atoms with Crippen molar-refractivity contribution in [3.8, 4) is 11.5 Å². The van der Waals surface area contributed by atoms with Crippen molar-refractivity contribution in [2.75, 3.05) is 31.9 Å². The highest BCUT2D eigenvalue weighted by Crippen LogP contribution is 2.28. The zero-order valence-electron chi connectivity index (χ0n) is 31.2. The predicted octanol–water partition coefficient (Wildman–Crippen LogP) is 6.85. The van der Waals surface area contributed by atoms with Crippen molar-refractivity contribution in [3.05, 3.63) is 80.6 Å². The number of pyridine rings is 3. The summed E-state index contributed by atoms with van der Waals surface area (Å²) in [6.07, 6.45) is 10.5. The van der Waals surface area contributed by atoms with E-state index in [2.05, 4.69) is 15.0 Å². The summed E-state index contributed by atoms with van der Waals surface area (Å²) in [6.45, 7) is 13.1. The number of hydrogen-bond acceptors (Lipinski definition) is 14. The first kappa shape index (κ1) is 42.9. The van der Waals surface area contributed by atoms with Gasteiger partial charge in [0.25, 0.3) is 0 Å². The quantitative estimate of drug-likeness (QED) is 0.199. The van der Waals surface area contributed by atoms with E-state index in [0.29, 0.717) is 37.6 Å². The molecule has 19 heteroatoms. The molecule has 54 heavy (non-hydrogen) atoms. The molecule has 0 aromatic carbocycles. The van der Waals surface area contributed by atoms with Crippen LogP contribution in [0.1, 0.15) is 67.2 Å². The molecule has 0 unspecified atom stereocenters. The molecule has 294 valence electrons. The number of ether oxygens (including phenoxy) is 4. The molecule has 2 atom stereocenters. The average molecular weight is 775 g/mol. The number of carbonyl (C=O) groups is 2. The maximum absolute atomic E-state index is 12.1. The van der Waals surface area contributed by atoms with Gasteiger partial charge in [-0.3, -0.25) is 35.2 Å². The Hall–Kier alpha value is -5.52. The lowest BCUT2D eigenvalue weighted by atomic mass is 10.1. The third-order valence-corrected chi connectivity index (χ3v) is 7.68. The van der Waals surface area contributed by atoms with Gasteiger partial charge in [0.05, 0.1) is 34.8 Å². The fraction of sp³-hybridized carbons (Fsp3) is 0.514. The summed E-state index contributed by atoms with van der Waals surface area (Å²) in [5.41, 5.74) is 4.94. The van der Waals surface area contributed by atoms with Crippen molar-refractivity contribution < 1.29 is 38.4 Å². The monoisotopic (exact) mass is 774 g/mol. The van der Waals surface area contributed by atoms with E-state index in [1.54, 1.807) is 28.3 Å². The largest absolute Gasteiger partial charge is 0.486 e. The van der Waals surface area contributed by atoms with E-state index in [9.17, 15) is 29.8 Å². The smallest absolute Gasteiger partial charge is 0.410 e. The molecule has 18 nitrogen and oxygen atoms in total. The van der Waals surface area contributed by atoms with E-state index < -0.39 is 27.1 Å². The lowest BCUT2D eigenvalue weighted by Gasteiger charge is -2.34. The number of nitro groups is 2. The maximum Gasteiger partial charge on any atom is 0.410 e. The van der Waals surface area contributed by atoms with Crippen molar-refractivity contribution in [2.45, 2.75) is 90.6 Å². The summed E-state index contributed by atoms with van der Waals surface area (Å²) in [5.74, 6) is 0.780. The Morgan fingerprint density at radius 3 is 1.59 bits per heavy atom. The molecule has 2 aliphatic rings. The van der Waals surface area contributed by atoms with Gasteiger partial charge in [-0.05, 0) is 73.3 Å². The standard InChI is InChI=1S/C15H21N3O5.C15H23N3O3.C5H3ClN2O2/c1-15(2,3)23-14(19)17-8-4-5-11(10-17)22-13-6-7-16-9-12(13)18(20)21;1-15(2,3)21-14(19)18-8-4-5-11(10-18)20-13-6-7-17-9-12(13)16;6-4-1-2-7-3-5(4)8(9)10/h6-7,9,11H,4-5,8,10H2,1-3H3;6-7,9,11H,4-5,8,10,16H2,1-3H3;1-3H/t2*11-;/m00./s1. The van der Waals surface area contributed by atoms with Crippen molar-refractivity contribution in [3.63, 3.8) is 0 Å². The number of piperidine rings is 2. The van der Waals surface area contributed by atoms with Gasteiger partial charge in [-0.1, -0.05) is 11.6 Å². The summed E-state index contributed by atoms with van der Waals surface area (Å²) in [5, 5.41) is 21.2. The molecular weight excluding hydrogens is 728 g/mol. The molecule has 2 aliphatic heterocycles. The van der Waals surface area contributed by atoms with Gasteiger partial charge in [-0.25, -0.2) is 9.59 Å². The van der Waals surface area contributed by atoms with Crippen LogP contribution in [0.2, 0.25) is 5.02 Å². The first-order valence-electron chi connectivity index (χ1n) is 17.1. The van der Waals surface area contributed by atoms with E-state index in [1.165, 1.54) is 24.5 Å². The fourth-order valence-electron chi connectivity index (χ4n) is 5.03. The highest BCUT2D eigenvalue weighted by atomic mass is 35.5. The molecule has 0 radical (unpaired) electrons. The number of nitrogen functional groups attached to an aromatic ring is 1. The Morgan fingerprint density at radius 1 is 0.741 bits per heavy atom. The molecular formula is C35H47ClN8O10. The summed E-state index contributed by atoms with van der Waals surface area (Å²) in [4.78, 5) is 58.7. The maximum atomic E-state index is 12.1. The van der Waals surface area contributed by atoms with Gasteiger partial charge in [0.1, 0.15) is 46.6 Å². The summed E-state index contributed by atoms with van der Waals surface area (Å²) < 4.78 is 22.4. The van der Waals surface area contributed by atoms with Crippen LogP contribution in [-0.2, 0) is 9.47 Å². The van der Waals surface area contributed by atoms with E-state index in [1.807, 2.05) is 41.5 Å². The lowest BCUT2D eigenvalue weighted by molar-refractivity contribution is -0.386. The number of aromatic nitrogens is 3. The second kappa shape index (κ2) is 19.5. The van der Waals surface area contributed by atoms with E-state index in [-0.39, 0.29) is 40.4 Å². The number of nitrogens with two attached hydrogens (primary N) is 1. The number of nitrogens with zero attached hydrogens (tertiary/aromatic N) is 7. The van der Waals surface area contributed by atoms with Gasteiger partial charge >= 0.3 is 23.6 Å². The topological polar surface area (TPSA) is 229 Å². The van der Waals surface area contributed by atoms with Gasteiger partial charge in [-0.2, -0.15) is 0 Å². The minimum Gasteiger partial charge on any atom is -0.486 e. The van der Waals surface area contributed by atoms with Crippen molar-refractivity contribution in [2.24, 2.45) is 0 Å². The molecule has 2 saturated heterocycles. The number of hydrogen-bond donors (Lipinski definition) is 1. The Bertz CT molecular complexity index is 1740. The van der Waals surface area contributed by atoms with Crippen molar-refractivity contribution in [1.29, 1.82) is 0 Å². The Morgan fingerprint density at radius 2 is 1.17 bits per heavy atom. The SMILES string of the molecule is CC(C)(C)OC(=O)N1CCC[C@H](Oc2ccncc2N)C1.CC(C)(C)OC(=O)N1CCC[C@H](Oc2ccncc2[N+](=O)[O-])C1.O=[N+]([O-])c1cnccc1Cl. The number of likely N-dealkylation sites (tertiary alicyclic amines) is 2. The number of amides is 2. The van der Waals surface area contributed by atoms with Crippen LogP contribution in [0.5, 0.6) is 11.5 Å². The van der Waals surface area contributed by atoms with Crippen LogP contribution in [0.25, 0.3) is 0 Å².